The number of aryl methyl sites for hydroxylation is 1. The normalized spacial score (nSPS) is 26.0. The van der Waals surface area contributed by atoms with Crippen molar-refractivity contribution in [2.45, 2.75) is 25.4 Å². The van der Waals surface area contributed by atoms with Gasteiger partial charge in [-0.15, -0.1) is 0 Å². The van der Waals surface area contributed by atoms with E-state index in [2.05, 4.69) is 14.5 Å². The summed E-state index contributed by atoms with van der Waals surface area (Å²) in [6.07, 6.45) is 6.27. The first-order valence-electron chi connectivity index (χ1n) is 7.71. The predicted octanol–water partition coefficient (Wildman–Crippen LogP) is 0.998. The third-order valence-corrected chi connectivity index (χ3v) is 4.75. The average Bonchev–Trinajstić information content (AvgIpc) is 2.67. The lowest BCUT2D eigenvalue weighted by Crippen LogP contribution is -2.45. The first-order chi connectivity index (χ1) is 10.0. The standard InChI is InChI=1S/C15H25N5O/c1-17(2)15(21)20-9-12-4-5-13(10-20)19(8-12)11-14-16-6-7-18(14)3/h6-7,12-13H,4-5,8-11H2,1-3H3/t12-,13-/m0/s1. The molecular weight excluding hydrogens is 266 g/mol. The van der Waals surface area contributed by atoms with Crippen LogP contribution in [0, 0.1) is 5.92 Å². The molecule has 6 nitrogen and oxygen atoms in total. The van der Waals surface area contributed by atoms with Gasteiger partial charge in [-0.2, -0.15) is 0 Å². The van der Waals surface area contributed by atoms with Gasteiger partial charge in [-0.05, 0) is 18.8 Å². The van der Waals surface area contributed by atoms with Gasteiger partial charge in [0.1, 0.15) is 5.82 Å². The zero-order valence-electron chi connectivity index (χ0n) is 13.2. The summed E-state index contributed by atoms with van der Waals surface area (Å²) in [7, 11) is 5.71. The molecular formula is C15H25N5O. The highest BCUT2D eigenvalue weighted by atomic mass is 16.2. The summed E-state index contributed by atoms with van der Waals surface area (Å²) in [5.74, 6) is 1.70. The first kappa shape index (κ1) is 14.4. The van der Waals surface area contributed by atoms with E-state index in [1.54, 1.807) is 4.90 Å². The molecule has 0 spiro atoms. The van der Waals surface area contributed by atoms with Crippen LogP contribution in [0.2, 0.25) is 0 Å². The van der Waals surface area contributed by atoms with Crippen molar-refractivity contribution in [3.63, 3.8) is 0 Å². The van der Waals surface area contributed by atoms with Gasteiger partial charge < -0.3 is 14.4 Å². The SMILES string of the molecule is CN(C)C(=O)N1C[C@H]2CC[C@@H](C1)N(Cc1nccn1C)C2. The average molecular weight is 291 g/mol. The maximum absolute atomic E-state index is 12.3. The first-order valence-corrected chi connectivity index (χ1v) is 7.71. The number of carbonyl (C=O) groups excluding carboxylic acids is 1. The van der Waals surface area contributed by atoms with Crippen LogP contribution in [0.5, 0.6) is 0 Å². The molecule has 3 aliphatic rings. The molecule has 4 heterocycles. The number of piperidine rings is 1. The number of nitrogens with zero attached hydrogens (tertiary/aromatic N) is 5. The zero-order chi connectivity index (χ0) is 15.0. The zero-order valence-corrected chi connectivity index (χ0v) is 13.2. The Morgan fingerprint density at radius 3 is 2.81 bits per heavy atom. The van der Waals surface area contributed by atoms with E-state index in [0.29, 0.717) is 12.0 Å². The molecule has 3 fully saturated rings. The van der Waals surface area contributed by atoms with Crippen molar-refractivity contribution in [3.8, 4) is 0 Å². The van der Waals surface area contributed by atoms with Gasteiger partial charge in [0.2, 0.25) is 0 Å². The lowest BCUT2D eigenvalue weighted by Gasteiger charge is -2.35. The van der Waals surface area contributed by atoms with Crippen LogP contribution in [0.3, 0.4) is 0 Å². The van der Waals surface area contributed by atoms with Crippen LogP contribution in [0.25, 0.3) is 0 Å². The minimum absolute atomic E-state index is 0.144. The van der Waals surface area contributed by atoms with Gasteiger partial charge in [-0.1, -0.05) is 0 Å². The molecule has 116 valence electrons. The van der Waals surface area contributed by atoms with Crippen LogP contribution in [0.4, 0.5) is 4.79 Å². The molecule has 0 aromatic carbocycles. The number of fused-ring (bicyclic) bond motifs is 4. The van der Waals surface area contributed by atoms with Crippen molar-refractivity contribution in [1.29, 1.82) is 0 Å². The van der Waals surface area contributed by atoms with E-state index in [1.165, 1.54) is 12.8 Å². The quantitative estimate of drug-likeness (QED) is 0.816. The summed E-state index contributed by atoms with van der Waals surface area (Å²) >= 11 is 0. The van der Waals surface area contributed by atoms with Gasteiger partial charge >= 0.3 is 6.03 Å². The van der Waals surface area contributed by atoms with E-state index in [1.807, 2.05) is 38.4 Å². The molecule has 3 saturated heterocycles. The second-order valence-electron chi connectivity index (χ2n) is 6.56. The van der Waals surface area contributed by atoms with E-state index in [9.17, 15) is 4.79 Å². The van der Waals surface area contributed by atoms with Gasteiger partial charge in [-0.25, -0.2) is 9.78 Å². The second-order valence-corrected chi connectivity index (χ2v) is 6.56. The number of aromatic nitrogens is 2. The fourth-order valence-electron chi connectivity index (χ4n) is 3.54. The van der Waals surface area contributed by atoms with E-state index >= 15 is 0 Å². The number of rotatable bonds is 2. The lowest BCUT2D eigenvalue weighted by molar-refractivity contribution is 0.119. The Labute approximate surface area is 126 Å². The number of amides is 2. The Hall–Kier alpha value is -1.56. The van der Waals surface area contributed by atoms with E-state index < -0.39 is 0 Å². The van der Waals surface area contributed by atoms with Crippen LogP contribution in [0.15, 0.2) is 12.4 Å². The summed E-state index contributed by atoms with van der Waals surface area (Å²) in [5, 5.41) is 0. The van der Waals surface area contributed by atoms with Gasteiger partial charge in [0, 0.05) is 59.2 Å². The summed E-state index contributed by atoms with van der Waals surface area (Å²) in [6.45, 7) is 3.70. The fraction of sp³-hybridized carbons (Fsp3) is 0.733. The Bertz CT molecular complexity index is 512. The van der Waals surface area contributed by atoms with Crippen molar-refractivity contribution in [1.82, 2.24) is 24.3 Å². The Morgan fingerprint density at radius 2 is 2.14 bits per heavy atom. The van der Waals surface area contributed by atoms with Crippen molar-refractivity contribution in [2.24, 2.45) is 13.0 Å². The third-order valence-electron chi connectivity index (χ3n) is 4.75. The molecule has 0 radical (unpaired) electrons. The molecule has 2 atom stereocenters. The van der Waals surface area contributed by atoms with Gasteiger partial charge in [-0.3, -0.25) is 4.90 Å². The predicted molar refractivity (Wildman–Crippen MR) is 80.8 cm³/mol. The monoisotopic (exact) mass is 291 g/mol. The molecule has 4 rings (SSSR count). The molecule has 6 heteroatoms. The second kappa shape index (κ2) is 5.67. The Morgan fingerprint density at radius 1 is 1.33 bits per heavy atom. The number of hydrogen-bond donors (Lipinski definition) is 0. The summed E-state index contributed by atoms with van der Waals surface area (Å²) in [5.41, 5.74) is 0. The van der Waals surface area contributed by atoms with Crippen LogP contribution >= 0.6 is 0 Å². The fourth-order valence-corrected chi connectivity index (χ4v) is 3.54. The molecule has 0 saturated carbocycles. The minimum atomic E-state index is 0.144. The molecule has 0 unspecified atom stereocenters. The molecule has 3 aliphatic heterocycles. The smallest absolute Gasteiger partial charge is 0.319 e. The lowest BCUT2D eigenvalue weighted by atomic mass is 9.95. The van der Waals surface area contributed by atoms with E-state index in [4.69, 9.17) is 0 Å². The highest BCUT2D eigenvalue weighted by Crippen LogP contribution is 2.29. The maximum Gasteiger partial charge on any atom is 0.319 e. The summed E-state index contributed by atoms with van der Waals surface area (Å²) < 4.78 is 2.08. The number of urea groups is 1. The largest absolute Gasteiger partial charge is 0.337 e. The van der Waals surface area contributed by atoms with Gasteiger partial charge in [0.05, 0.1) is 6.54 Å². The van der Waals surface area contributed by atoms with Crippen LogP contribution in [-0.2, 0) is 13.6 Å². The van der Waals surface area contributed by atoms with Crippen molar-refractivity contribution >= 4 is 6.03 Å². The Balaban J connectivity index is 1.72. The van der Waals surface area contributed by atoms with Crippen LogP contribution in [0.1, 0.15) is 18.7 Å². The minimum Gasteiger partial charge on any atom is -0.337 e. The van der Waals surface area contributed by atoms with Crippen LogP contribution in [-0.4, -0.2) is 70.1 Å². The van der Waals surface area contributed by atoms with E-state index in [-0.39, 0.29) is 6.03 Å². The maximum atomic E-state index is 12.3. The molecule has 1 aromatic rings. The van der Waals surface area contributed by atoms with E-state index in [0.717, 1.165) is 32.0 Å². The molecule has 2 bridgehead atoms. The summed E-state index contributed by atoms with van der Waals surface area (Å²) in [6, 6.07) is 0.607. The highest BCUT2D eigenvalue weighted by molar-refractivity contribution is 5.74. The Kier molecular flexibility index (Phi) is 3.89. The van der Waals surface area contributed by atoms with Gasteiger partial charge in [0.15, 0.2) is 0 Å². The number of hydrogen-bond acceptors (Lipinski definition) is 3. The molecule has 21 heavy (non-hydrogen) atoms. The van der Waals surface area contributed by atoms with Crippen molar-refractivity contribution < 1.29 is 4.79 Å². The highest BCUT2D eigenvalue weighted by Gasteiger charge is 2.37. The van der Waals surface area contributed by atoms with Crippen molar-refractivity contribution in [2.75, 3.05) is 33.7 Å². The van der Waals surface area contributed by atoms with Gasteiger partial charge in [0.25, 0.3) is 0 Å². The van der Waals surface area contributed by atoms with Crippen LogP contribution < -0.4 is 0 Å². The third kappa shape index (κ3) is 2.90. The number of carbonyl (C=O) groups is 1. The molecule has 0 aliphatic carbocycles. The van der Waals surface area contributed by atoms with Crippen molar-refractivity contribution in [3.05, 3.63) is 18.2 Å². The summed E-state index contributed by atoms with van der Waals surface area (Å²) in [4.78, 5) is 22.9. The number of imidazole rings is 1. The molecule has 1 aromatic heterocycles. The molecule has 0 N–H and O–H groups in total. The topological polar surface area (TPSA) is 44.6 Å². The molecule has 2 amide bonds.